The molecule has 358 valence electrons. The molecule has 0 saturated carbocycles. The van der Waals surface area contributed by atoms with Gasteiger partial charge in [-0.25, -0.2) is 4.48 Å². The van der Waals surface area contributed by atoms with Gasteiger partial charge in [0.2, 0.25) is 0 Å². The molecule has 1 aromatic heterocycles. The second kappa shape index (κ2) is 18.6. The Morgan fingerprint density at radius 3 is 1.28 bits per heavy atom. The normalized spacial score (nSPS) is 12.4. The first-order chi connectivity index (χ1) is 37.6. The van der Waals surface area contributed by atoms with Crippen LogP contribution < -0.4 is 9.38 Å². The van der Waals surface area contributed by atoms with Crippen LogP contribution in [0.5, 0.6) is 0 Å². The first-order valence-electron chi connectivity index (χ1n) is 26.2. The van der Waals surface area contributed by atoms with Crippen LogP contribution in [0.25, 0.3) is 94.3 Å². The number of nitrogens with zero attached hydrogens (tertiary/aromatic N) is 3. The average Bonchev–Trinajstić information content (AvgIpc) is 4.09. The van der Waals surface area contributed by atoms with Crippen molar-refractivity contribution in [2.24, 2.45) is 0 Å². The zero-order valence-corrected chi connectivity index (χ0v) is 42.1. The lowest BCUT2D eigenvalue weighted by Crippen LogP contribution is -2.31. The molecule has 0 spiro atoms. The first-order valence-corrected chi connectivity index (χ1v) is 26.2. The van der Waals surface area contributed by atoms with E-state index in [0.29, 0.717) is 4.48 Å². The molecule has 0 saturated heterocycles. The number of fused-ring (bicyclic) bond motifs is 6. The Bertz CT molecular complexity index is 4130. The quantitative estimate of drug-likeness (QED) is 0.124. The lowest BCUT2D eigenvalue weighted by molar-refractivity contribution is 0.643. The van der Waals surface area contributed by atoms with Crippen LogP contribution in [0.2, 0.25) is 0 Å². The zero-order valence-electron chi connectivity index (χ0n) is 42.1. The van der Waals surface area contributed by atoms with E-state index in [9.17, 15) is 0 Å². The lowest BCUT2D eigenvalue weighted by atomic mass is 9.87. The largest absolute Gasteiger partial charge is 0.311 e. The van der Waals surface area contributed by atoms with E-state index in [4.69, 9.17) is 0 Å². The molecular weight excluding hydrogens is 919 g/mol. The van der Waals surface area contributed by atoms with E-state index in [1.54, 1.807) is 0 Å². The Labute approximate surface area is 444 Å². The van der Waals surface area contributed by atoms with Crippen molar-refractivity contribution in [3.05, 3.63) is 297 Å². The van der Waals surface area contributed by atoms with Gasteiger partial charge in [-0.3, -0.25) is 0 Å². The smallest absolute Gasteiger partial charge is 0.150 e. The van der Waals surface area contributed by atoms with Crippen molar-refractivity contribution in [1.29, 1.82) is 0 Å². The number of hydrogen-bond acceptors (Lipinski definition) is 1. The number of para-hydroxylation sites is 4. The highest BCUT2D eigenvalue weighted by Gasteiger charge is 2.42. The summed E-state index contributed by atoms with van der Waals surface area (Å²) in [6.45, 7) is 0. The molecule has 14 rings (SSSR count). The summed E-state index contributed by atoms with van der Waals surface area (Å²) < 4.78 is 2.98. The van der Waals surface area contributed by atoms with E-state index < -0.39 is 0 Å². The molecule has 3 heteroatoms. The van der Waals surface area contributed by atoms with E-state index >= 15 is 0 Å². The van der Waals surface area contributed by atoms with Crippen LogP contribution in [0.15, 0.2) is 297 Å². The van der Waals surface area contributed by atoms with Gasteiger partial charge in [0.15, 0.2) is 11.4 Å². The third kappa shape index (κ3) is 7.56. The minimum atomic E-state index is 0.584. The molecule has 0 unspecified atom stereocenters. The fraction of sp³-hybridized carbons (Fsp3) is 0.0137. The van der Waals surface area contributed by atoms with Crippen LogP contribution in [0.3, 0.4) is 0 Å². The first kappa shape index (κ1) is 44.9. The topological polar surface area (TPSA) is 8.17 Å². The molecule has 0 radical (unpaired) electrons. The van der Waals surface area contributed by atoms with Crippen molar-refractivity contribution in [2.75, 3.05) is 11.9 Å². The van der Waals surface area contributed by atoms with Crippen molar-refractivity contribution < 1.29 is 0 Å². The third-order valence-electron chi connectivity index (χ3n) is 15.7. The van der Waals surface area contributed by atoms with Gasteiger partial charge in [0.05, 0.1) is 18.1 Å². The number of aromatic nitrogens is 1. The highest BCUT2D eigenvalue weighted by atomic mass is 15.4. The number of anilines is 3. The molecule has 1 aliphatic heterocycles. The molecule has 3 nitrogen and oxygen atoms in total. The van der Waals surface area contributed by atoms with Crippen LogP contribution in [0.4, 0.5) is 34.1 Å². The van der Waals surface area contributed by atoms with E-state index in [2.05, 4.69) is 314 Å². The van der Waals surface area contributed by atoms with Gasteiger partial charge in [-0.05, 0) is 134 Å². The van der Waals surface area contributed by atoms with Crippen LogP contribution in [0, 0.1) is 0 Å². The number of hydrogen-bond donors (Lipinski definition) is 0. The molecule has 0 atom stereocenters. The molecular formula is C73H52N3+. The Morgan fingerprint density at radius 2 is 0.697 bits per heavy atom. The van der Waals surface area contributed by atoms with E-state index in [0.717, 1.165) is 28.3 Å². The van der Waals surface area contributed by atoms with Gasteiger partial charge in [-0.1, -0.05) is 194 Å². The summed E-state index contributed by atoms with van der Waals surface area (Å²) in [6.07, 6.45) is 0. The standard InChI is InChI=1S/C73H52N3/c1-76(71-33-15-12-28-66(71)67-29-13-16-34-72(67)76)62-26-17-23-56(49-62)63-30-18-31-64(57-41-48-70-68(50-57)65-27-11-14-32-69(65)75(70)58-24-9-4-10-25-58)73(63)55-39-46-61(47-40-55)74(59-42-35-53(36-43-59)51-19-5-2-6-20-51)60-44-37-54(38-45-60)52-21-7-3-8-22-52/h2-50H,1H3/q+1. The molecule has 76 heavy (non-hydrogen) atoms. The molecule has 0 aliphatic carbocycles. The molecule has 12 aromatic carbocycles. The molecule has 0 N–H and O–H groups in total. The monoisotopic (exact) mass is 970 g/mol. The number of benzene rings is 12. The van der Waals surface area contributed by atoms with Gasteiger partial charge in [0, 0.05) is 68.9 Å². The maximum absolute atomic E-state index is 2.42. The third-order valence-corrected chi connectivity index (χ3v) is 15.7. The molecule has 13 aromatic rings. The predicted octanol–water partition coefficient (Wildman–Crippen LogP) is 20.2. The Hall–Kier alpha value is -9.80. The number of rotatable bonds is 10. The summed E-state index contributed by atoms with van der Waals surface area (Å²) in [5.74, 6) is 0. The minimum Gasteiger partial charge on any atom is -0.311 e. The highest BCUT2D eigenvalue weighted by molar-refractivity contribution is 6.11. The SMILES string of the molecule is C[N+]1(c2cccc(-c3cccc(-c4ccc5c(c4)c4ccccc4n5-c4ccccc4)c3-c3ccc(N(c4ccc(-c5ccccc5)cc4)c4ccc(-c5ccccc5)cc4)cc3)c2)c2ccccc2-c2ccccc21. The van der Waals surface area contributed by atoms with Crippen LogP contribution in [-0.2, 0) is 0 Å². The van der Waals surface area contributed by atoms with Crippen LogP contribution in [-0.4, -0.2) is 11.6 Å². The fourth-order valence-electron chi connectivity index (χ4n) is 12.0. The van der Waals surface area contributed by atoms with Crippen molar-refractivity contribution in [3.8, 4) is 72.4 Å². The summed E-state index contributed by atoms with van der Waals surface area (Å²) in [5, 5.41) is 2.46. The maximum Gasteiger partial charge on any atom is 0.150 e. The van der Waals surface area contributed by atoms with E-state index in [1.165, 1.54) is 100 Å². The molecule has 0 fully saturated rings. The van der Waals surface area contributed by atoms with Crippen molar-refractivity contribution in [2.45, 2.75) is 0 Å². The van der Waals surface area contributed by atoms with Crippen LogP contribution in [0.1, 0.15) is 0 Å². The molecule has 0 bridgehead atoms. The van der Waals surface area contributed by atoms with Crippen LogP contribution >= 0.6 is 0 Å². The van der Waals surface area contributed by atoms with Gasteiger partial charge >= 0.3 is 0 Å². The van der Waals surface area contributed by atoms with Crippen molar-refractivity contribution in [1.82, 2.24) is 9.05 Å². The Kier molecular flexibility index (Phi) is 11.0. The summed E-state index contributed by atoms with van der Waals surface area (Å²) in [6, 6.07) is 109. The summed E-state index contributed by atoms with van der Waals surface area (Å²) in [4.78, 5) is 2.37. The second-order valence-electron chi connectivity index (χ2n) is 19.9. The highest BCUT2D eigenvalue weighted by Crippen LogP contribution is 2.57. The predicted molar refractivity (Wildman–Crippen MR) is 322 cm³/mol. The van der Waals surface area contributed by atoms with Gasteiger partial charge in [0.25, 0.3) is 0 Å². The average molecular weight is 971 g/mol. The Morgan fingerprint density at radius 1 is 0.289 bits per heavy atom. The summed E-state index contributed by atoms with van der Waals surface area (Å²) >= 11 is 0. The lowest BCUT2D eigenvalue weighted by Gasteiger charge is -2.30. The van der Waals surface area contributed by atoms with Gasteiger partial charge < -0.3 is 9.47 Å². The van der Waals surface area contributed by atoms with Crippen molar-refractivity contribution >= 4 is 55.9 Å². The molecule has 2 heterocycles. The second-order valence-corrected chi connectivity index (χ2v) is 19.9. The fourth-order valence-corrected chi connectivity index (χ4v) is 12.0. The van der Waals surface area contributed by atoms with Gasteiger partial charge in [0.1, 0.15) is 5.69 Å². The summed E-state index contributed by atoms with van der Waals surface area (Å²) in [7, 11) is 2.34. The maximum atomic E-state index is 2.42. The van der Waals surface area contributed by atoms with E-state index in [-0.39, 0.29) is 0 Å². The minimum absolute atomic E-state index is 0.584. The molecule has 0 amide bonds. The summed E-state index contributed by atoms with van der Waals surface area (Å²) in [5.41, 5.74) is 24.9. The molecule has 1 aliphatic rings. The van der Waals surface area contributed by atoms with Gasteiger partial charge in [-0.15, -0.1) is 0 Å². The zero-order chi connectivity index (χ0) is 50.6. The van der Waals surface area contributed by atoms with Crippen molar-refractivity contribution in [3.63, 3.8) is 0 Å². The van der Waals surface area contributed by atoms with E-state index in [1.807, 2.05) is 0 Å². The van der Waals surface area contributed by atoms with Gasteiger partial charge in [-0.2, -0.15) is 0 Å². The Balaban J connectivity index is 0.938. The number of quaternary nitrogens is 1.